The van der Waals surface area contributed by atoms with Crippen molar-refractivity contribution in [1.82, 2.24) is 0 Å². The Morgan fingerprint density at radius 1 is 1.31 bits per heavy atom. The van der Waals surface area contributed by atoms with E-state index in [1.165, 1.54) is 13.0 Å². The molecule has 160 valence electrons. The third-order valence-electron chi connectivity index (χ3n) is 8.81. The van der Waals surface area contributed by atoms with E-state index in [4.69, 9.17) is 4.74 Å². The molecule has 0 aromatic rings. The fraction of sp³-hybridized carbons (Fsp3) is 0.739. The Kier molecular flexibility index (Phi) is 4.86. The lowest BCUT2D eigenvalue weighted by Crippen LogP contribution is -2.67. The van der Waals surface area contributed by atoms with Crippen molar-refractivity contribution >= 4 is 23.5 Å². The highest BCUT2D eigenvalue weighted by molar-refractivity contribution is 8.00. The number of alkyl halides is 1. The molecule has 3 saturated carbocycles. The molecule has 4 rings (SSSR count). The summed E-state index contributed by atoms with van der Waals surface area (Å²) in [5.74, 6) is -0.219. The second kappa shape index (κ2) is 6.68. The summed E-state index contributed by atoms with van der Waals surface area (Å²) in [7, 11) is 0. The van der Waals surface area contributed by atoms with Crippen molar-refractivity contribution in [3.63, 3.8) is 0 Å². The fourth-order valence-electron chi connectivity index (χ4n) is 6.89. The van der Waals surface area contributed by atoms with Gasteiger partial charge < -0.3 is 9.84 Å². The van der Waals surface area contributed by atoms with Crippen LogP contribution in [-0.2, 0) is 14.3 Å². The normalized spacial score (nSPS) is 48.4. The summed E-state index contributed by atoms with van der Waals surface area (Å²) in [4.78, 5) is 23.1. The van der Waals surface area contributed by atoms with Crippen LogP contribution in [0.1, 0.15) is 59.8 Å². The lowest BCUT2D eigenvalue weighted by atomic mass is 9.45. The van der Waals surface area contributed by atoms with Gasteiger partial charge in [-0.1, -0.05) is 18.6 Å². The minimum Gasteiger partial charge on any atom is -0.455 e. The van der Waals surface area contributed by atoms with Crippen molar-refractivity contribution < 1.29 is 23.8 Å². The number of hydrogen-bond donors (Lipinski definition) is 1. The number of thioether (sulfide) groups is 1. The Hall–Kier alpha value is -1.14. The number of carbonyl (C=O) groups excluding carboxylic acids is 2. The molecule has 0 saturated heterocycles. The van der Waals surface area contributed by atoms with Crippen LogP contribution in [0.5, 0.6) is 0 Å². The maximum absolute atomic E-state index is 16.9. The minimum absolute atomic E-state index is 0.0926. The van der Waals surface area contributed by atoms with Gasteiger partial charge in [0, 0.05) is 23.0 Å². The van der Waals surface area contributed by atoms with Crippen LogP contribution in [0, 0.1) is 22.7 Å². The summed E-state index contributed by atoms with van der Waals surface area (Å²) in [5.41, 5.74) is -2.14. The van der Waals surface area contributed by atoms with Crippen LogP contribution in [0.2, 0.25) is 0 Å². The molecule has 29 heavy (non-hydrogen) atoms. The summed E-state index contributed by atoms with van der Waals surface area (Å²) in [6.45, 7) is 7.61. The summed E-state index contributed by atoms with van der Waals surface area (Å²) in [5, 5.41) is 11.3. The van der Waals surface area contributed by atoms with Gasteiger partial charge in [0.05, 0.1) is 6.10 Å². The van der Waals surface area contributed by atoms with E-state index in [0.29, 0.717) is 19.3 Å². The van der Waals surface area contributed by atoms with E-state index in [1.807, 2.05) is 6.92 Å². The molecule has 0 amide bonds. The van der Waals surface area contributed by atoms with Crippen LogP contribution >= 0.6 is 11.8 Å². The molecule has 0 aromatic carbocycles. The Labute approximate surface area is 176 Å². The van der Waals surface area contributed by atoms with Crippen LogP contribution in [0.3, 0.4) is 0 Å². The van der Waals surface area contributed by atoms with Crippen molar-refractivity contribution in [2.45, 2.75) is 76.3 Å². The number of halogens is 1. The molecule has 0 unspecified atom stereocenters. The van der Waals surface area contributed by atoms with E-state index in [-0.39, 0.29) is 39.7 Å². The highest BCUT2D eigenvalue weighted by Gasteiger charge is 2.72. The number of aliphatic hydroxyl groups is 1. The number of hydrogen-bond acceptors (Lipinski definition) is 5. The molecule has 4 aliphatic rings. The van der Waals surface area contributed by atoms with E-state index >= 15 is 4.39 Å². The molecule has 0 spiro atoms. The first kappa shape index (κ1) is 21.1. The van der Waals surface area contributed by atoms with E-state index in [0.717, 1.165) is 18.4 Å². The van der Waals surface area contributed by atoms with Gasteiger partial charge in [0.15, 0.2) is 11.5 Å². The van der Waals surface area contributed by atoms with Crippen LogP contribution < -0.4 is 0 Å². The molecule has 6 heteroatoms. The molecule has 4 nitrogen and oxygen atoms in total. The van der Waals surface area contributed by atoms with Gasteiger partial charge in [0.1, 0.15) is 5.94 Å². The van der Waals surface area contributed by atoms with Gasteiger partial charge in [-0.2, -0.15) is 0 Å². The van der Waals surface area contributed by atoms with Gasteiger partial charge in [-0.3, -0.25) is 9.59 Å². The van der Waals surface area contributed by atoms with Crippen molar-refractivity contribution in [3.8, 4) is 0 Å². The number of ether oxygens (including phenoxy) is 1. The Morgan fingerprint density at radius 2 is 2.03 bits per heavy atom. The molecular formula is C23H31FO4S. The lowest BCUT2D eigenvalue weighted by molar-refractivity contribution is -0.191. The highest BCUT2D eigenvalue weighted by Crippen LogP contribution is 2.71. The molecule has 0 aromatic heterocycles. The average Bonchev–Trinajstić information content (AvgIpc) is 2.88. The van der Waals surface area contributed by atoms with Crippen LogP contribution in [0.15, 0.2) is 23.8 Å². The quantitative estimate of drug-likeness (QED) is 0.540. The predicted octanol–water partition coefficient (Wildman–Crippen LogP) is 4.37. The SMILES string of the molecule is CC(=O)OCS[C@@]1(C)CC[C@H]2[C@@H]3CCC4=CC(=O)C=C[C@]4(C)[C@@]3(F)[C@@H](O)C[C@@]21C. The minimum atomic E-state index is -1.77. The molecule has 4 aliphatic carbocycles. The zero-order valence-corrected chi connectivity index (χ0v) is 18.5. The first-order valence-corrected chi connectivity index (χ1v) is 11.5. The third kappa shape index (κ3) is 2.74. The van der Waals surface area contributed by atoms with Gasteiger partial charge in [0.2, 0.25) is 0 Å². The third-order valence-corrected chi connectivity index (χ3v) is 10.4. The maximum atomic E-state index is 16.9. The lowest BCUT2D eigenvalue weighted by Gasteiger charge is -2.63. The molecular weight excluding hydrogens is 391 g/mol. The number of esters is 1. The molecule has 0 radical (unpaired) electrons. The van der Waals surface area contributed by atoms with Gasteiger partial charge in [0.25, 0.3) is 0 Å². The maximum Gasteiger partial charge on any atom is 0.303 e. The zero-order valence-electron chi connectivity index (χ0n) is 17.7. The predicted molar refractivity (Wildman–Crippen MR) is 111 cm³/mol. The number of ketones is 1. The van der Waals surface area contributed by atoms with Crippen LogP contribution in [0.4, 0.5) is 4.39 Å². The average molecular weight is 423 g/mol. The fourth-order valence-corrected chi connectivity index (χ4v) is 8.21. The Balaban J connectivity index is 1.68. The molecule has 3 fully saturated rings. The van der Waals surface area contributed by atoms with E-state index in [9.17, 15) is 14.7 Å². The van der Waals surface area contributed by atoms with Crippen LogP contribution in [-0.4, -0.2) is 39.3 Å². The summed E-state index contributed by atoms with van der Waals surface area (Å²) in [6, 6.07) is 0. The van der Waals surface area contributed by atoms with E-state index in [1.54, 1.807) is 23.9 Å². The molecule has 7 atom stereocenters. The molecule has 0 bridgehead atoms. The number of allylic oxidation sites excluding steroid dienone is 4. The zero-order chi connectivity index (χ0) is 21.2. The topological polar surface area (TPSA) is 63.6 Å². The van der Waals surface area contributed by atoms with Gasteiger partial charge >= 0.3 is 5.97 Å². The summed E-state index contributed by atoms with van der Waals surface area (Å²) < 4.78 is 21.9. The first-order valence-electron chi connectivity index (χ1n) is 10.6. The Morgan fingerprint density at radius 3 is 2.72 bits per heavy atom. The number of rotatable bonds is 3. The molecule has 0 aliphatic heterocycles. The standard InChI is InChI=1S/C23H31FO4S/c1-14(25)28-13-29-22(4)10-8-17-18-6-5-15-11-16(26)7-9-20(15,2)23(18,24)19(27)12-21(17,22)3/h7,9,11,17-19,27H,5-6,8,10,12-13H2,1-4H3/t17-,18-,19-,20-,21-,22-,23-/m0/s1. The second-order valence-corrected chi connectivity index (χ2v) is 11.4. The monoisotopic (exact) mass is 422 g/mol. The summed E-state index contributed by atoms with van der Waals surface area (Å²) >= 11 is 1.62. The van der Waals surface area contributed by atoms with Crippen molar-refractivity contribution in [2.75, 3.05) is 5.94 Å². The van der Waals surface area contributed by atoms with Crippen molar-refractivity contribution in [3.05, 3.63) is 23.8 Å². The largest absolute Gasteiger partial charge is 0.455 e. The van der Waals surface area contributed by atoms with E-state index < -0.39 is 17.2 Å². The summed E-state index contributed by atoms with van der Waals surface area (Å²) in [6.07, 6.45) is 7.17. The van der Waals surface area contributed by atoms with E-state index in [2.05, 4.69) is 13.8 Å². The number of carbonyl (C=O) groups is 2. The van der Waals surface area contributed by atoms with Gasteiger partial charge in [-0.05, 0) is 69.4 Å². The second-order valence-electron chi connectivity index (χ2n) is 9.93. The molecule has 1 N–H and O–H groups in total. The van der Waals surface area contributed by atoms with Crippen LogP contribution in [0.25, 0.3) is 0 Å². The van der Waals surface area contributed by atoms with Gasteiger partial charge in [-0.15, -0.1) is 11.8 Å². The smallest absolute Gasteiger partial charge is 0.303 e. The van der Waals surface area contributed by atoms with Gasteiger partial charge in [-0.25, -0.2) is 4.39 Å². The number of aliphatic hydroxyl groups excluding tert-OH is 1. The first-order chi connectivity index (χ1) is 13.5. The van der Waals surface area contributed by atoms with Crippen molar-refractivity contribution in [1.29, 1.82) is 0 Å². The highest BCUT2D eigenvalue weighted by atomic mass is 32.2. The number of fused-ring (bicyclic) bond motifs is 5. The van der Waals surface area contributed by atoms with Crippen molar-refractivity contribution in [2.24, 2.45) is 22.7 Å². The molecule has 0 heterocycles. The Bertz CT molecular complexity index is 809.